The normalized spacial score (nSPS) is 16.6. The lowest BCUT2D eigenvalue weighted by Crippen LogP contribution is -2.50. The van der Waals surface area contributed by atoms with E-state index in [1.54, 1.807) is 35.8 Å². The van der Waals surface area contributed by atoms with Crippen LogP contribution in [0.25, 0.3) is 0 Å². The number of hydrogen-bond donors (Lipinski definition) is 2. The summed E-state index contributed by atoms with van der Waals surface area (Å²) in [7, 11) is -3.67. The summed E-state index contributed by atoms with van der Waals surface area (Å²) in [6.45, 7) is 3.94. The number of anilines is 1. The molecule has 150 valence electrons. The second kappa shape index (κ2) is 8.72. The molecule has 0 bridgehead atoms. The zero-order valence-electron chi connectivity index (χ0n) is 15.8. The summed E-state index contributed by atoms with van der Waals surface area (Å²) >= 11 is 0. The fourth-order valence-corrected chi connectivity index (χ4v) is 5.22. The summed E-state index contributed by atoms with van der Waals surface area (Å²) in [5.41, 5.74) is 4.41. The molecule has 1 fully saturated rings. The minimum atomic E-state index is -3.67. The Labute approximate surface area is 165 Å². The van der Waals surface area contributed by atoms with Gasteiger partial charge in [-0.25, -0.2) is 13.9 Å². The van der Waals surface area contributed by atoms with Gasteiger partial charge in [0.2, 0.25) is 10.0 Å². The first kappa shape index (κ1) is 20.3. The van der Waals surface area contributed by atoms with Crippen molar-refractivity contribution in [2.24, 2.45) is 0 Å². The van der Waals surface area contributed by atoms with Gasteiger partial charge in [-0.05, 0) is 24.1 Å². The molecule has 28 heavy (non-hydrogen) atoms. The number of amides is 1. The summed E-state index contributed by atoms with van der Waals surface area (Å²) in [5, 5.41) is 9.05. The van der Waals surface area contributed by atoms with Crippen LogP contribution in [-0.4, -0.2) is 55.8 Å². The Morgan fingerprint density at radius 2 is 1.64 bits per heavy atom. The third-order valence-corrected chi connectivity index (χ3v) is 7.00. The molecule has 0 spiro atoms. The van der Waals surface area contributed by atoms with E-state index in [1.807, 2.05) is 31.2 Å². The molecule has 1 unspecified atom stereocenters. The number of carbonyl (C=O) groups is 1. The Balaban J connectivity index is 1.71. The Hall–Kier alpha value is -2.42. The van der Waals surface area contributed by atoms with Gasteiger partial charge in [0.05, 0.1) is 11.7 Å². The average Bonchev–Trinajstić information content (AvgIpc) is 2.72. The lowest BCUT2D eigenvalue weighted by Gasteiger charge is -2.36. The quantitative estimate of drug-likeness (QED) is 0.566. The third-order valence-electron chi connectivity index (χ3n) is 5.09. The van der Waals surface area contributed by atoms with Gasteiger partial charge >= 0.3 is 0 Å². The van der Waals surface area contributed by atoms with E-state index >= 15 is 0 Å². The summed E-state index contributed by atoms with van der Waals surface area (Å²) in [6.07, 6.45) is 0. The van der Waals surface area contributed by atoms with Crippen LogP contribution in [0.3, 0.4) is 0 Å². The van der Waals surface area contributed by atoms with Gasteiger partial charge in [0.25, 0.3) is 5.91 Å². The van der Waals surface area contributed by atoms with E-state index in [2.05, 4.69) is 4.90 Å². The van der Waals surface area contributed by atoms with E-state index < -0.39 is 21.8 Å². The zero-order chi connectivity index (χ0) is 20.1. The van der Waals surface area contributed by atoms with Crippen molar-refractivity contribution in [3.05, 3.63) is 65.7 Å². The van der Waals surface area contributed by atoms with Crippen LogP contribution in [0.1, 0.15) is 17.0 Å². The standard InChI is InChI=1S/C20H25N3O4S/c1-16-7-5-6-10-19(16)22-11-13-23(14-12-22)28(26,27)15-18(20(24)21-25)17-8-3-2-4-9-17/h2-10,18,25H,11-15H2,1H3,(H,21,24). The van der Waals surface area contributed by atoms with E-state index in [0.29, 0.717) is 31.7 Å². The van der Waals surface area contributed by atoms with Gasteiger partial charge in [0, 0.05) is 31.9 Å². The highest BCUT2D eigenvalue weighted by Crippen LogP contribution is 2.24. The maximum atomic E-state index is 12.9. The molecule has 0 radical (unpaired) electrons. The smallest absolute Gasteiger partial charge is 0.251 e. The first-order valence-electron chi connectivity index (χ1n) is 9.19. The van der Waals surface area contributed by atoms with Crippen molar-refractivity contribution >= 4 is 21.6 Å². The molecule has 7 nitrogen and oxygen atoms in total. The molecule has 2 aromatic carbocycles. The Kier molecular flexibility index (Phi) is 6.33. The predicted octanol–water partition coefficient (Wildman–Crippen LogP) is 1.74. The minimum Gasteiger partial charge on any atom is -0.369 e. The molecule has 1 heterocycles. The molecule has 2 aromatic rings. The Morgan fingerprint density at radius 3 is 2.25 bits per heavy atom. The van der Waals surface area contributed by atoms with E-state index in [0.717, 1.165) is 11.3 Å². The second-order valence-electron chi connectivity index (χ2n) is 6.89. The van der Waals surface area contributed by atoms with E-state index in [1.165, 1.54) is 4.31 Å². The van der Waals surface area contributed by atoms with Gasteiger partial charge in [-0.15, -0.1) is 0 Å². The third kappa shape index (κ3) is 4.52. The molecule has 2 N–H and O–H groups in total. The Morgan fingerprint density at radius 1 is 1.04 bits per heavy atom. The van der Waals surface area contributed by atoms with Crippen LogP contribution in [0.5, 0.6) is 0 Å². The van der Waals surface area contributed by atoms with Crippen LogP contribution < -0.4 is 10.4 Å². The number of aryl methyl sites for hydroxylation is 1. The lowest BCUT2D eigenvalue weighted by molar-refractivity contribution is -0.130. The van der Waals surface area contributed by atoms with Gasteiger partial charge in [-0.1, -0.05) is 48.5 Å². The van der Waals surface area contributed by atoms with E-state index in [4.69, 9.17) is 5.21 Å². The summed E-state index contributed by atoms with van der Waals surface area (Å²) in [4.78, 5) is 14.3. The number of benzene rings is 2. The van der Waals surface area contributed by atoms with Crippen molar-refractivity contribution < 1.29 is 18.4 Å². The molecule has 0 aromatic heterocycles. The van der Waals surface area contributed by atoms with Crippen molar-refractivity contribution in [2.75, 3.05) is 36.8 Å². The second-order valence-corrected chi connectivity index (χ2v) is 8.90. The lowest BCUT2D eigenvalue weighted by atomic mass is 10.0. The van der Waals surface area contributed by atoms with Crippen LogP contribution in [0, 0.1) is 6.92 Å². The largest absolute Gasteiger partial charge is 0.369 e. The number of rotatable bonds is 6. The molecule has 0 aliphatic carbocycles. The van der Waals surface area contributed by atoms with Crippen LogP contribution in [-0.2, 0) is 14.8 Å². The summed E-state index contributed by atoms with van der Waals surface area (Å²) in [6, 6.07) is 16.7. The van der Waals surface area contributed by atoms with Gasteiger partial charge in [-0.2, -0.15) is 4.31 Å². The number of nitrogens with one attached hydrogen (secondary N) is 1. The van der Waals surface area contributed by atoms with Crippen molar-refractivity contribution in [3.63, 3.8) is 0 Å². The Bertz CT molecular complexity index is 910. The molecule has 1 aliphatic heterocycles. The summed E-state index contributed by atoms with van der Waals surface area (Å²) < 4.78 is 27.3. The molecule has 8 heteroatoms. The number of piperazine rings is 1. The number of hydrogen-bond acceptors (Lipinski definition) is 5. The van der Waals surface area contributed by atoms with Crippen LogP contribution in [0.15, 0.2) is 54.6 Å². The highest BCUT2D eigenvalue weighted by Gasteiger charge is 2.33. The molecule has 3 rings (SSSR count). The first-order chi connectivity index (χ1) is 13.4. The van der Waals surface area contributed by atoms with Crippen molar-refractivity contribution in [3.8, 4) is 0 Å². The highest BCUT2D eigenvalue weighted by atomic mass is 32.2. The molecular weight excluding hydrogens is 378 g/mol. The number of hydroxylamine groups is 1. The highest BCUT2D eigenvalue weighted by molar-refractivity contribution is 7.89. The fourth-order valence-electron chi connectivity index (χ4n) is 3.53. The topological polar surface area (TPSA) is 90.0 Å². The van der Waals surface area contributed by atoms with Crippen LogP contribution in [0.2, 0.25) is 0 Å². The first-order valence-corrected chi connectivity index (χ1v) is 10.8. The number of para-hydroxylation sites is 1. The monoisotopic (exact) mass is 403 g/mol. The minimum absolute atomic E-state index is 0.360. The molecule has 1 aliphatic rings. The van der Waals surface area contributed by atoms with Crippen molar-refractivity contribution in [1.82, 2.24) is 9.79 Å². The molecule has 0 saturated carbocycles. The van der Waals surface area contributed by atoms with Crippen molar-refractivity contribution in [2.45, 2.75) is 12.8 Å². The number of sulfonamides is 1. The SMILES string of the molecule is Cc1ccccc1N1CCN(S(=O)(=O)CC(C(=O)NO)c2ccccc2)CC1. The predicted molar refractivity (Wildman–Crippen MR) is 108 cm³/mol. The summed E-state index contributed by atoms with van der Waals surface area (Å²) in [5.74, 6) is -2.08. The average molecular weight is 404 g/mol. The van der Waals surface area contributed by atoms with Crippen molar-refractivity contribution in [1.29, 1.82) is 0 Å². The molecular formula is C20H25N3O4S. The van der Waals surface area contributed by atoms with E-state index in [9.17, 15) is 13.2 Å². The zero-order valence-corrected chi connectivity index (χ0v) is 16.6. The maximum absolute atomic E-state index is 12.9. The van der Waals surface area contributed by atoms with Gasteiger partial charge in [0.1, 0.15) is 0 Å². The van der Waals surface area contributed by atoms with Crippen LogP contribution >= 0.6 is 0 Å². The maximum Gasteiger partial charge on any atom is 0.251 e. The van der Waals surface area contributed by atoms with Crippen LogP contribution in [0.4, 0.5) is 5.69 Å². The van der Waals surface area contributed by atoms with Gasteiger partial charge < -0.3 is 4.90 Å². The van der Waals surface area contributed by atoms with E-state index in [-0.39, 0.29) is 5.75 Å². The fraction of sp³-hybridized carbons (Fsp3) is 0.350. The number of nitrogens with zero attached hydrogens (tertiary/aromatic N) is 2. The number of carbonyl (C=O) groups excluding carboxylic acids is 1. The molecule has 1 amide bonds. The molecule has 1 atom stereocenters. The van der Waals surface area contributed by atoms with Gasteiger partial charge in [0.15, 0.2) is 0 Å². The molecule has 1 saturated heterocycles. The van der Waals surface area contributed by atoms with Gasteiger partial charge in [-0.3, -0.25) is 10.0 Å².